The maximum absolute atomic E-state index is 11.0. The second-order valence-electron chi connectivity index (χ2n) is 4.13. The van der Waals surface area contributed by atoms with Gasteiger partial charge < -0.3 is 9.47 Å². The third-order valence-corrected chi connectivity index (χ3v) is 5.96. The molecule has 0 amide bonds. The third-order valence-electron chi connectivity index (χ3n) is 2.58. The fourth-order valence-corrected chi connectivity index (χ4v) is 4.50. The van der Waals surface area contributed by atoms with Crippen LogP contribution in [-0.4, -0.2) is 22.6 Å². The number of benzene rings is 2. The molecule has 2 aromatic rings. The molecule has 2 aromatic carbocycles. The van der Waals surface area contributed by atoms with Crippen molar-refractivity contribution in [3.8, 4) is 11.5 Å². The van der Waals surface area contributed by atoms with Crippen LogP contribution in [0.2, 0.25) is 10.0 Å². The van der Waals surface area contributed by atoms with Crippen molar-refractivity contribution >= 4 is 74.8 Å². The molecular formula is C14H11Br2Cl3O4S. The highest BCUT2D eigenvalue weighted by Crippen LogP contribution is 2.34. The van der Waals surface area contributed by atoms with Crippen LogP contribution in [0, 0.1) is 0 Å². The van der Waals surface area contributed by atoms with Gasteiger partial charge in [-0.3, -0.25) is 0 Å². The molecule has 0 aliphatic carbocycles. The highest BCUT2D eigenvalue weighted by Gasteiger charge is 2.17. The van der Waals surface area contributed by atoms with Gasteiger partial charge in [-0.2, -0.15) is 0 Å². The van der Waals surface area contributed by atoms with Gasteiger partial charge in [-0.25, -0.2) is 8.42 Å². The Bertz CT molecular complexity index is 829. The smallest absolute Gasteiger partial charge is 0.262 e. The molecule has 0 saturated heterocycles. The molecule has 132 valence electrons. The Morgan fingerprint density at radius 3 is 1.92 bits per heavy atom. The van der Waals surface area contributed by atoms with Crippen molar-refractivity contribution in [3.63, 3.8) is 0 Å². The van der Waals surface area contributed by atoms with Crippen LogP contribution >= 0.6 is 65.7 Å². The first-order valence-electron chi connectivity index (χ1n) is 6.07. The van der Waals surface area contributed by atoms with Gasteiger partial charge in [0, 0.05) is 19.6 Å². The standard InChI is InChI=1S/C7H5BrCl2O3S.C7H6BrClO/c1-13-6-2-4(8)7(3-5(6)9)14(10,11)12;1-10-7-4-5(8)2-3-6(7)9/h2-3H,1H3;2-4H,1H3. The minimum Gasteiger partial charge on any atom is -0.495 e. The molecule has 0 atom stereocenters. The number of hydrogen-bond acceptors (Lipinski definition) is 4. The third kappa shape index (κ3) is 6.28. The maximum Gasteiger partial charge on any atom is 0.262 e. The van der Waals surface area contributed by atoms with Crippen LogP contribution in [0.5, 0.6) is 11.5 Å². The highest BCUT2D eigenvalue weighted by atomic mass is 79.9. The van der Waals surface area contributed by atoms with Gasteiger partial charge in [-0.1, -0.05) is 39.1 Å². The second kappa shape index (κ2) is 9.50. The molecule has 4 nitrogen and oxygen atoms in total. The minimum atomic E-state index is -3.80. The summed E-state index contributed by atoms with van der Waals surface area (Å²) in [5.41, 5.74) is 0. The topological polar surface area (TPSA) is 52.6 Å². The lowest BCUT2D eigenvalue weighted by Gasteiger charge is -2.06. The van der Waals surface area contributed by atoms with Crippen molar-refractivity contribution in [2.75, 3.05) is 14.2 Å². The van der Waals surface area contributed by atoms with E-state index in [9.17, 15) is 8.42 Å². The van der Waals surface area contributed by atoms with E-state index >= 15 is 0 Å². The van der Waals surface area contributed by atoms with E-state index in [1.807, 2.05) is 12.1 Å². The monoisotopic (exact) mass is 538 g/mol. The van der Waals surface area contributed by atoms with Crippen molar-refractivity contribution < 1.29 is 17.9 Å². The summed E-state index contributed by atoms with van der Waals surface area (Å²) in [6, 6.07) is 8.14. The fraction of sp³-hybridized carbons (Fsp3) is 0.143. The lowest BCUT2D eigenvalue weighted by molar-refractivity contribution is 0.414. The molecular weight excluding hydrogens is 530 g/mol. The Hall–Kier alpha value is -0.180. The normalized spacial score (nSPS) is 10.6. The van der Waals surface area contributed by atoms with E-state index in [4.69, 9.17) is 43.4 Å². The van der Waals surface area contributed by atoms with Gasteiger partial charge in [0.2, 0.25) is 0 Å². The summed E-state index contributed by atoms with van der Waals surface area (Å²) in [6.45, 7) is 0. The molecule has 0 radical (unpaired) electrons. The molecule has 0 aromatic heterocycles. The SMILES string of the molecule is COc1cc(Br)c(S(=O)(=O)Cl)cc1Cl.COc1cc(Br)ccc1Cl. The summed E-state index contributed by atoms with van der Waals surface area (Å²) >= 11 is 17.8. The molecule has 24 heavy (non-hydrogen) atoms. The van der Waals surface area contributed by atoms with Gasteiger partial charge in [-0.15, -0.1) is 0 Å². The van der Waals surface area contributed by atoms with Crippen LogP contribution in [0.25, 0.3) is 0 Å². The average Bonchev–Trinajstić information content (AvgIpc) is 2.51. The van der Waals surface area contributed by atoms with Crippen LogP contribution in [0.3, 0.4) is 0 Å². The summed E-state index contributed by atoms with van der Waals surface area (Å²) in [4.78, 5) is -0.0787. The quantitative estimate of drug-likeness (QED) is 0.438. The summed E-state index contributed by atoms with van der Waals surface area (Å²) < 4.78 is 33.2. The molecule has 2 rings (SSSR count). The molecule has 0 spiro atoms. The Morgan fingerprint density at radius 2 is 1.46 bits per heavy atom. The van der Waals surface area contributed by atoms with Crippen molar-refractivity contribution in [1.29, 1.82) is 0 Å². The maximum atomic E-state index is 11.0. The summed E-state index contributed by atoms with van der Waals surface area (Å²) in [5.74, 6) is 1.07. The first kappa shape index (κ1) is 21.9. The molecule has 0 fully saturated rings. The molecule has 0 unspecified atom stereocenters. The van der Waals surface area contributed by atoms with E-state index in [1.165, 1.54) is 19.2 Å². The van der Waals surface area contributed by atoms with E-state index < -0.39 is 9.05 Å². The van der Waals surface area contributed by atoms with Gasteiger partial charge in [0.05, 0.1) is 29.2 Å². The fourth-order valence-electron chi connectivity index (χ4n) is 1.49. The van der Waals surface area contributed by atoms with Crippen molar-refractivity contribution in [1.82, 2.24) is 0 Å². The van der Waals surface area contributed by atoms with Gasteiger partial charge in [0.1, 0.15) is 11.5 Å². The van der Waals surface area contributed by atoms with Gasteiger partial charge >= 0.3 is 0 Å². The van der Waals surface area contributed by atoms with Crippen molar-refractivity contribution in [3.05, 3.63) is 49.3 Å². The molecule has 0 aliphatic heterocycles. The van der Waals surface area contributed by atoms with Crippen LogP contribution in [0.1, 0.15) is 0 Å². The lowest BCUT2D eigenvalue weighted by atomic mass is 10.3. The Morgan fingerprint density at radius 1 is 0.917 bits per heavy atom. The largest absolute Gasteiger partial charge is 0.495 e. The molecule has 0 N–H and O–H groups in total. The predicted octanol–water partition coefficient (Wildman–Crippen LogP) is 6.15. The summed E-state index contributed by atoms with van der Waals surface area (Å²) in [5, 5.41) is 0.820. The van der Waals surface area contributed by atoms with Gasteiger partial charge in [0.25, 0.3) is 9.05 Å². The minimum absolute atomic E-state index is 0.0787. The van der Waals surface area contributed by atoms with E-state index in [0.717, 1.165) is 4.47 Å². The summed E-state index contributed by atoms with van der Waals surface area (Å²) in [6.07, 6.45) is 0. The number of rotatable bonds is 3. The first-order valence-corrected chi connectivity index (χ1v) is 10.7. The van der Waals surface area contributed by atoms with Gasteiger partial charge in [-0.05, 0) is 46.3 Å². The van der Waals surface area contributed by atoms with Crippen molar-refractivity contribution in [2.45, 2.75) is 4.90 Å². The van der Waals surface area contributed by atoms with Crippen molar-refractivity contribution in [2.24, 2.45) is 0 Å². The van der Waals surface area contributed by atoms with Crippen LogP contribution < -0.4 is 9.47 Å². The zero-order valence-corrected chi connectivity index (χ0v) is 18.6. The molecule has 0 aliphatic rings. The van der Waals surface area contributed by atoms with E-state index in [2.05, 4.69) is 31.9 Å². The zero-order valence-electron chi connectivity index (χ0n) is 12.3. The Kier molecular flexibility index (Phi) is 8.65. The second-order valence-corrected chi connectivity index (χ2v) is 9.25. The van der Waals surface area contributed by atoms with Crippen LogP contribution in [-0.2, 0) is 9.05 Å². The number of hydrogen-bond donors (Lipinski definition) is 0. The highest BCUT2D eigenvalue weighted by molar-refractivity contribution is 9.10. The lowest BCUT2D eigenvalue weighted by Crippen LogP contribution is -1.94. The number of methoxy groups -OCH3 is 2. The molecule has 0 saturated carbocycles. The molecule has 10 heteroatoms. The Labute approximate surface area is 171 Å². The van der Waals surface area contributed by atoms with Crippen LogP contribution in [0.15, 0.2) is 44.2 Å². The van der Waals surface area contributed by atoms with Crippen LogP contribution in [0.4, 0.5) is 0 Å². The van der Waals surface area contributed by atoms with Gasteiger partial charge in [0.15, 0.2) is 0 Å². The first-order chi connectivity index (χ1) is 11.1. The molecule has 0 heterocycles. The summed E-state index contributed by atoms with van der Waals surface area (Å²) in [7, 11) is 4.40. The van der Waals surface area contributed by atoms with E-state index in [0.29, 0.717) is 21.0 Å². The molecule has 0 bridgehead atoms. The Balaban J connectivity index is 0.000000254. The van der Waals surface area contributed by atoms with E-state index in [1.54, 1.807) is 13.2 Å². The van der Waals surface area contributed by atoms with E-state index in [-0.39, 0.29) is 9.92 Å². The predicted molar refractivity (Wildman–Crippen MR) is 104 cm³/mol. The number of ether oxygens (including phenoxy) is 2. The zero-order chi connectivity index (χ0) is 18.5. The average molecular weight is 541 g/mol. The number of halogens is 5.